The van der Waals surface area contributed by atoms with Gasteiger partial charge in [-0.05, 0) is 32.0 Å². The molecule has 0 radical (unpaired) electrons. The van der Waals surface area contributed by atoms with E-state index < -0.39 is 0 Å². The van der Waals surface area contributed by atoms with Gasteiger partial charge in [-0.3, -0.25) is 4.79 Å². The number of carbonyl (C=O) groups is 1. The second-order valence-corrected chi connectivity index (χ2v) is 4.21. The lowest BCUT2D eigenvalue weighted by Crippen LogP contribution is -2.29. The lowest BCUT2D eigenvalue weighted by Gasteiger charge is -2.18. The predicted molar refractivity (Wildman–Crippen MR) is 74.3 cm³/mol. The third kappa shape index (κ3) is 3.01. The van der Waals surface area contributed by atoms with Gasteiger partial charge in [0.15, 0.2) is 11.5 Å². The largest absolute Gasteiger partial charge is 0.465 e. The first-order chi connectivity index (χ1) is 9.65. The minimum atomic E-state index is -0.368. The van der Waals surface area contributed by atoms with E-state index in [4.69, 9.17) is 14.2 Å². The van der Waals surface area contributed by atoms with Crippen LogP contribution in [0.4, 0.5) is 0 Å². The first kappa shape index (κ1) is 14.2. The highest BCUT2D eigenvalue weighted by Crippen LogP contribution is 2.32. The molecule has 1 aliphatic heterocycles. The van der Waals surface area contributed by atoms with Crippen LogP contribution in [0.1, 0.15) is 24.2 Å². The molecule has 1 heterocycles. The number of hydrogen-bond donors (Lipinski definition) is 0. The Morgan fingerprint density at radius 2 is 2.10 bits per heavy atom. The average molecular weight is 278 g/mol. The molecule has 0 unspecified atom stereocenters. The van der Waals surface area contributed by atoms with E-state index in [0.29, 0.717) is 36.2 Å². The lowest BCUT2D eigenvalue weighted by atomic mass is 10.2. The molecule has 1 aliphatic rings. The van der Waals surface area contributed by atoms with Crippen LogP contribution in [0.5, 0.6) is 11.5 Å². The van der Waals surface area contributed by atoms with Crippen LogP contribution < -0.4 is 9.47 Å². The summed E-state index contributed by atoms with van der Waals surface area (Å²) in [6.07, 6.45) is 0. The summed E-state index contributed by atoms with van der Waals surface area (Å²) in [5, 5.41) is 0. The van der Waals surface area contributed by atoms with E-state index in [-0.39, 0.29) is 12.7 Å². The molecule has 0 N–H and O–H groups in total. The molecule has 0 aliphatic carbocycles. The Labute approximate surface area is 118 Å². The van der Waals surface area contributed by atoms with Gasteiger partial charge in [0, 0.05) is 19.2 Å². The molecule has 2 rings (SSSR count). The maximum Gasteiger partial charge on any atom is 0.295 e. The molecule has 1 aromatic rings. The van der Waals surface area contributed by atoms with E-state index in [2.05, 4.69) is 4.99 Å². The van der Waals surface area contributed by atoms with Crippen molar-refractivity contribution in [3.05, 3.63) is 23.8 Å². The number of fused-ring (bicyclic) bond motifs is 1. The summed E-state index contributed by atoms with van der Waals surface area (Å²) in [4.78, 5) is 17.9. The highest BCUT2D eigenvalue weighted by molar-refractivity contribution is 6.01. The fraction of sp³-hybridized carbons (Fsp3) is 0.429. The smallest absolute Gasteiger partial charge is 0.295 e. The Bertz CT molecular complexity index is 528. The van der Waals surface area contributed by atoms with Gasteiger partial charge < -0.3 is 19.1 Å². The molecule has 0 aromatic heterocycles. The second-order valence-electron chi connectivity index (χ2n) is 4.21. The van der Waals surface area contributed by atoms with Crippen LogP contribution in [-0.4, -0.2) is 43.8 Å². The number of nitrogens with zero attached hydrogens (tertiary/aromatic N) is 2. The van der Waals surface area contributed by atoms with Crippen molar-refractivity contribution in [2.45, 2.75) is 13.8 Å². The quantitative estimate of drug-likeness (QED) is 0.624. The number of aliphatic imine (C=N–C) groups is 1. The summed E-state index contributed by atoms with van der Waals surface area (Å²) in [6, 6.07) is 5.31. The predicted octanol–water partition coefficient (Wildman–Crippen LogP) is 1.90. The third-order valence-corrected chi connectivity index (χ3v) is 2.89. The van der Waals surface area contributed by atoms with E-state index >= 15 is 0 Å². The van der Waals surface area contributed by atoms with Crippen LogP contribution >= 0.6 is 0 Å². The molecule has 6 nitrogen and oxygen atoms in total. The topological polar surface area (TPSA) is 60.4 Å². The molecular weight excluding hydrogens is 260 g/mol. The van der Waals surface area contributed by atoms with Crippen molar-refractivity contribution in [1.29, 1.82) is 0 Å². The van der Waals surface area contributed by atoms with Crippen LogP contribution in [0, 0.1) is 0 Å². The van der Waals surface area contributed by atoms with Crippen molar-refractivity contribution in [1.82, 2.24) is 4.90 Å². The van der Waals surface area contributed by atoms with Crippen LogP contribution in [-0.2, 0) is 4.74 Å². The van der Waals surface area contributed by atoms with Gasteiger partial charge in [-0.15, -0.1) is 0 Å². The third-order valence-electron chi connectivity index (χ3n) is 2.89. The Hall–Kier alpha value is -2.24. The normalized spacial score (nSPS) is 13.2. The van der Waals surface area contributed by atoms with E-state index in [1.165, 1.54) is 0 Å². The number of benzene rings is 1. The SMILES string of the molecule is CCOC(=NC(=O)c1ccc2c(c1)OCO2)N(C)CC. The highest BCUT2D eigenvalue weighted by atomic mass is 16.7. The monoisotopic (exact) mass is 278 g/mol. The minimum absolute atomic E-state index is 0.180. The highest BCUT2D eigenvalue weighted by Gasteiger charge is 2.17. The van der Waals surface area contributed by atoms with E-state index in [1.807, 2.05) is 20.9 Å². The van der Waals surface area contributed by atoms with Gasteiger partial charge in [-0.25, -0.2) is 0 Å². The molecule has 20 heavy (non-hydrogen) atoms. The van der Waals surface area contributed by atoms with Crippen LogP contribution in [0.3, 0.4) is 0 Å². The summed E-state index contributed by atoms with van der Waals surface area (Å²) in [7, 11) is 1.82. The molecule has 0 saturated carbocycles. The Balaban J connectivity index is 2.21. The fourth-order valence-corrected chi connectivity index (χ4v) is 1.67. The number of rotatable bonds is 3. The summed E-state index contributed by atoms with van der Waals surface area (Å²) in [5.41, 5.74) is 0.441. The van der Waals surface area contributed by atoms with E-state index in [0.717, 1.165) is 0 Å². The molecule has 0 spiro atoms. The van der Waals surface area contributed by atoms with E-state index in [1.54, 1.807) is 23.1 Å². The number of ether oxygens (including phenoxy) is 3. The van der Waals surface area contributed by atoms with Gasteiger partial charge in [-0.1, -0.05) is 0 Å². The second kappa shape index (κ2) is 6.27. The zero-order valence-corrected chi connectivity index (χ0v) is 11.9. The molecular formula is C14H18N2O4. The molecule has 0 saturated heterocycles. The molecule has 0 bridgehead atoms. The number of amides is 1. The Kier molecular flexibility index (Phi) is 4.45. The number of hydrogen-bond acceptors (Lipinski definition) is 4. The summed E-state index contributed by atoms with van der Waals surface area (Å²) < 4.78 is 15.8. The molecule has 0 fully saturated rings. The van der Waals surface area contributed by atoms with Gasteiger partial charge >= 0.3 is 0 Å². The van der Waals surface area contributed by atoms with Crippen molar-refractivity contribution in [2.24, 2.45) is 4.99 Å². The summed E-state index contributed by atoms with van der Waals surface area (Å²) in [6.45, 7) is 5.15. The van der Waals surface area contributed by atoms with Crippen molar-refractivity contribution < 1.29 is 19.0 Å². The van der Waals surface area contributed by atoms with E-state index in [9.17, 15) is 4.79 Å². The summed E-state index contributed by atoms with van der Waals surface area (Å²) in [5.74, 6) is 0.834. The first-order valence-corrected chi connectivity index (χ1v) is 6.52. The average Bonchev–Trinajstić information content (AvgIpc) is 2.93. The summed E-state index contributed by atoms with van der Waals surface area (Å²) >= 11 is 0. The number of amidine groups is 1. The standard InChI is InChI=1S/C14H18N2O4/c1-4-16(3)14(18-5-2)15-13(17)10-6-7-11-12(8-10)20-9-19-11/h6-8H,4-5,9H2,1-3H3. The van der Waals surface area contributed by atoms with Crippen molar-refractivity contribution >= 4 is 11.9 Å². The van der Waals surface area contributed by atoms with Crippen molar-refractivity contribution in [3.8, 4) is 11.5 Å². The van der Waals surface area contributed by atoms with Crippen LogP contribution in [0.2, 0.25) is 0 Å². The molecule has 1 amide bonds. The molecule has 0 atom stereocenters. The zero-order valence-electron chi connectivity index (χ0n) is 11.9. The minimum Gasteiger partial charge on any atom is -0.465 e. The van der Waals surface area contributed by atoms with Crippen LogP contribution in [0.25, 0.3) is 0 Å². The first-order valence-electron chi connectivity index (χ1n) is 6.52. The number of carbonyl (C=O) groups excluding carboxylic acids is 1. The molecule has 108 valence electrons. The van der Waals surface area contributed by atoms with Gasteiger partial charge in [0.05, 0.1) is 6.61 Å². The lowest BCUT2D eigenvalue weighted by molar-refractivity contribution is 0.0994. The maximum atomic E-state index is 12.2. The fourth-order valence-electron chi connectivity index (χ4n) is 1.67. The van der Waals surface area contributed by atoms with Crippen molar-refractivity contribution in [2.75, 3.05) is 27.0 Å². The van der Waals surface area contributed by atoms with Gasteiger partial charge in [0.25, 0.3) is 11.9 Å². The van der Waals surface area contributed by atoms with Gasteiger partial charge in [-0.2, -0.15) is 4.99 Å². The molecule has 6 heteroatoms. The maximum absolute atomic E-state index is 12.2. The van der Waals surface area contributed by atoms with Crippen molar-refractivity contribution in [3.63, 3.8) is 0 Å². The molecule has 1 aromatic carbocycles. The van der Waals surface area contributed by atoms with Gasteiger partial charge in [0.1, 0.15) is 0 Å². The van der Waals surface area contributed by atoms with Crippen LogP contribution in [0.15, 0.2) is 23.2 Å². The zero-order chi connectivity index (χ0) is 14.5. The van der Waals surface area contributed by atoms with Gasteiger partial charge in [0.2, 0.25) is 6.79 Å². The Morgan fingerprint density at radius 3 is 2.80 bits per heavy atom. The Morgan fingerprint density at radius 1 is 1.35 bits per heavy atom.